The van der Waals surface area contributed by atoms with E-state index in [2.05, 4.69) is 16.6 Å². The third-order valence-corrected chi connectivity index (χ3v) is 2.62. The zero-order chi connectivity index (χ0) is 13.9. The van der Waals surface area contributed by atoms with Crippen LogP contribution in [0.4, 0.5) is 0 Å². The van der Waals surface area contributed by atoms with Crippen molar-refractivity contribution < 1.29 is 14.6 Å². The topological polar surface area (TPSA) is 46.5 Å². The first-order valence-electron chi connectivity index (χ1n) is 6.60. The molecule has 1 N–H and O–H groups in total. The Morgan fingerprint density at radius 1 is 1.37 bits per heavy atom. The lowest BCUT2D eigenvalue weighted by atomic mass is 10.0. The molecular weight excluding hydrogens is 240 g/mol. The van der Waals surface area contributed by atoms with Gasteiger partial charge >= 0.3 is 5.97 Å². The third-order valence-electron chi connectivity index (χ3n) is 2.62. The Morgan fingerprint density at radius 3 is 2.79 bits per heavy atom. The largest absolute Gasteiger partial charge is 0.456 e. The Morgan fingerprint density at radius 2 is 2.11 bits per heavy atom. The lowest BCUT2D eigenvalue weighted by molar-refractivity contribution is -0.136. The first-order valence-corrected chi connectivity index (χ1v) is 6.60. The molecule has 0 radical (unpaired) electrons. The van der Waals surface area contributed by atoms with Crippen LogP contribution >= 0.6 is 0 Å². The number of carbonyl (C=O) groups is 1. The molecule has 0 bridgehead atoms. The number of hydrogen-bond donors (Lipinski definition) is 1. The summed E-state index contributed by atoms with van der Waals surface area (Å²) in [4.78, 5) is 10.9. The van der Waals surface area contributed by atoms with Gasteiger partial charge in [0, 0.05) is 12.3 Å². The molecule has 0 amide bonds. The predicted octanol–water partition coefficient (Wildman–Crippen LogP) is 2.33. The number of aliphatic hydroxyl groups is 1. The predicted molar refractivity (Wildman–Crippen MR) is 74.4 cm³/mol. The van der Waals surface area contributed by atoms with Crippen LogP contribution < -0.4 is 0 Å². The number of hydrogen-bond acceptors (Lipinski definition) is 3. The van der Waals surface area contributed by atoms with Crippen LogP contribution in [-0.2, 0) is 16.0 Å². The van der Waals surface area contributed by atoms with E-state index in [0.29, 0.717) is 25.9 Å². The molecular formula is C16H20O3. The number of rotatable bonds is 6. The van der Waals surface area contributed by atoms with Crippen LogP contribution in [0.2, 0.25) is 0 Å². The summed E-state index contributed by atoms with van der Waals surface area (Å²) < 4.78 is 4.69. The highest BCUT2D eigenvalue weighted by Crippen LogP contribution is 2.08. The van der Waals surface area contributed by atoms with Gasteiger partial charge in [0.25, 0.3) is 0 Å². The number of aliphatic hydroxyl groups excluding tert-OH is 1. The molecule has 19 heavy (non-hydrogen) atoms. The molecule has 3 nitrogen and oxygen atoms in total. The van der Waals surface area contributed by atoms with Crippen molar-refractivity contribution in [3.05, 3.63) is 35.9 Å². The summed E-state index contributed by atoms with van der Waals surface area (Å²) in [5.41, 5.74) is 1.13. The van der Waals surface area contributed by atoms with Crippen molar-refractivity contribution in [2.45, 2.75) is 38.7 Å². The van der Waals surface area contributed by atoms with Crippen molar-refractivity contribution in [1.82, 2.24) is 0 Å². The maximum atomic E-state index is 10.9. The van der Waals surface area contributed by atoms with Gasteiger partial charge in [0.2, 0.25) is 0 Å². The quantitative estimate of drug-likeness (QED) is 0.369. The van der Waals surface area contributed by atoms with E-state index in [1.807, 2.05) is 30.3 Å². The second kappa shape index (κ2) is 9.18. The van der Waals surface area contributed by atoms with E-state index in [9.17, 15) is 9.90 Å². The monoisotopic (exact) mass is 260 g/mol. The lowest BCUT2D eigenvalue weighted by Crippen LogP contribution is -2.09. The molecule has 1 unspecified atom stereocenters. The Balaban J connectivity index is 2.17. The van der Waals surface area contributed by atoms with Crippen LogP contribution in [0.1, 0.15) is 31.7 Å². The summed E-state index contributed by atoms with van der Waals surface area (Å²) in [6.07, 6.45) is 2.37. The molecule has 0 heterocycles. The fourth-order valence-corrected chi connectivity index (χ4v) is 1.72. The molecule has 0 fully saturated rings. The van der Waals surface area contributed by atoms with E-state index in [0.717, 1.165) is 12.0 Å². The van der Waals surface area contributed by atoms with Crippen LogP contribution in [0.25, 0.3) is 0 Å². The molecule has 0 aliphatic rings. The Kier molecular flexibility index (Phi) is 7.38. The maximum absolute atomic E-state index is 10.9. The highest BCUT2D eigenvalue weighted by molar-refractivity contribution is 5.88. The van der Waals surface area contributed by atoms with Crippen molar-refractivity contribution in [2.75, 3.05) is 6.61 Å². The SMILES string of the molecule is CCOC(=O)C#CCCCC(O)Cc1ccccc1. The van der Waals surface area contributed by atoms with Crippen LogP contribution in [0.5, 0.6) is 0 Å². The van der Waals surface area contributed by atoms with E-state index in [1.165, 1.54) is 0 Å². The zero-order valence-corrected chi connectivity index (χ0v) is 11.3. The first-order chi connectivity index (χ1) is 9.22. The summed E-state index contributed by atoms with van der Waals surface area (Å²) >= 11 is 0. The van der Waals surface area contributed by atoms with E-state index in [-0.39, 0.29) is 6.10 Å². The summed E-state index contributed by atoms with van der Waals surface area (Å²) in [6, 6.07) is 9.90. The summed E-state index contributed by atoms with van der Waals surface area (Å²) in [5.74, 6) is 4.69. The van der Waals surface area contributed by atoms with Crippen LogP contribution in [0, 0.1) is 11.8 Å². The molecule has 1 rings (SSSR count). The zero-order valence-electron chi connectivity index (χ0n) is 11.3. The molecule has 0 aliphatic heterocycles. The van der Waals surface area contributed by atoms with Crippen molar-refractivity contribution in [3.8, 4) is 11.8 Å². The van der Waals surface area contributed by atoms with E-state index in [4.69, 9.17) is 0 Å². The second-order valence-electron chi connectivity index (χ2n) is 4.26. The van der Waals surface area contributed by atoms with E-state index < -0.39 is 5.97 Å². The van der Waals surface area contributed by atoms with Crippen LogP contribution in [0.3, 0.4) is 0 Å². The van der Waals surface area contributed by atoms with Gasteiger partial charge in [-0.3, -0.25) is 0 Å². The molecule has 1 aromatic rings. The average Bonchev–Trinajstić information content (AvgIpc) is 2.40. The van der Waals surface area contributed by atoms with E-state index >= 15 is 0 Å². The molecule has 0 spiro atoms. The minimum absolute atomic E-state index is 0.350. The maximum Gasteiger partial charge on any atom is 0.384 e. The van der Waals surface area contributed by atoms with Crippen molar-refractivity contribution in [1.29, 1.82) is 0 Å². The van der Waals surface area contributed by atoms with Crippen molar-refractivity contribution in [2.24, 2.45) is 0 Å². The van der Waals surface area contributed by atoms with Crippen molar-refractivity contribution in [3.63, 3.8) is 0 Å². The van der Waals surface area contributed by atoms with Gasteiger partial charge in [0.05, 0.1) is 12.7 Å². The summed E-state index contributed by atoms with van der Waals surface area (Å²) in [5, 5.41) is 9.86. The molecule has 1 aromatic carbocycles. The van der Waals surface area contributed by atoms with Gasteiger partial charge in [0.15, 0.2) is 0 Å². The molecule has 0 aromatic heterocycles. The van der Waals surface area contributed by atoms with E-state index in [1.54, 1.807) is 6.92 Å². The van der Waals surface area contributed by atoms with Gasteiger partial charge in [-0.2, -0.15) is 0 Å². The minimum Gasteiger partial charge on any atom is -0.456 e. The van der Waals surface area contributed by atoms with Crippen LogP contribution in [-0.4, -0.2) is 23.8 Å². The number of ether oxygens (including phenoxy) is 1. The highest BCUT2D eigenvalue weighted by atomic mass is 16.5. The Labute approximate surface area is 114 Å². The summed E-state index contributed by atoms with van der Waals surface area (Å²) in [6.45, 7) is 2.10. The van der Waals surface area contributed by atoms with Gasteiger partial charge < -0.3 is 9.84 Å². The number of benzene rings is 1. The fraction of sp³-hybridized carbons (Fsp3) is 0.438. The molecule has 3 heteroatoms. The number of unbranched alkanes of at least 4 members (excludes halogenated alkanes) is 1. The van der Waals surface area contributed by atoms with Crippen LogP contribution in [0.15, 0.2) is 30.3 Å². The normalized spacial score (nSPS) is 11.3. The van der Waals surface area contributed by atoms with Gasteiger partial charge in [-0.15, -0.1) is 0 Å². The average molecular weight is 260 g/mol. The minimum atomic E-state index is -0.479. The fourth-order valence-electron chi connectivity index (χ4n) is 1.72. The molecule has 1 atom stereocenters. The highest BCUT2D eigenvalue weighted by Gasteiger charge is 2.04. The summed E-state index contributed by atoms with van der Waals surface area (Å²) in [7, 11) is 0. The van der Waals surface area contributed by atoms with Gasteiger partial charge in [0.1, 0.15) is 0 Å². The van der Waals surface area contributed by atoms with Gasteiger partial charge in [-0.05, 0) is 31.7 Å². The number of esters is 1. The van der Waals surface area contributed by atoms with Gasteiger partial charge in [-0.25, -0.2) is 4.79 Å². The lowest BCUT2D eigenvalue weighted by Gasteiger charge is -2.09. The number of carbonyl (C=O) groups excluding carboxylic acids is 1. The molecule has 0 aliphatic carbocycles. The second-order valence-corrected chi connectivity index (χ2v) is 4.26. The first kappa shape index (κ1) is 15.3. The molecule has 102 valence electrons. The molecule has 0 saturated carbocycles. The van der Waals surface area contributed by atoms with Gasteiger partial charge in [-0.1, -0.05) is 36.3 Å². The standard InChI is InChI=1S/C16H20O3/c1-2-19-16(18)12-8-4-7-11-15(17)13-14-9-5-3-6-10-14/h3,5-6,9-10,15,17H,2,4,7,11,13H2,1H3. The Hall–Kier alpha value is -1.79. The van der Waals surface area contributed by atoms with Crippen molar-refractivity contribution >= 4 is 5.97 Å². The Bertz CT molecular complexity index is 428. The molecule has 0 saturated heterocycles. The third kappa shape index (κ3) is 7.28. The smallest absolute Gasteiger partial charge is 0.384 e.